The predicted octanol–water partition coefficient (Wildman–Crippen LogP) is -0.0131. The molecule has 1 rings (SSSR count). The molecule has 0 spiro atoms. The van der Waals surface area contributed by atoms with Gasteiger partial charge in [-0.25, -0.2) is 0 Å². The first-order valence-electron chi connectivity index (χ1n) is 2.44. The summed E-state index contributed by atoms with van der Waals surface area (Å²) in [5.74, 6) is -1.38. The van der Waals surface area contributed by atoms with Crippen molar-refractivity contribution >= 4 is 15.9 Å². The number of hydrogen-bond donors (Lipinski definition) is 3. The van der Waals surface area contributed by atoms with Crippen LogP contribution in [0.5, 0.6) is 0 Å². The van der Waals surface area contributed by atoms with E-state index in [1.54, 1.807) is 12.3 Å². The van der Waals surface area contributed by atoms with Gasteiger partial charge in [0.25, 0.3) is 0 Å². The van der Waals surface area contributed by atoms with Gasteiger partial charge < -0.3 is 10.4 Å². The Morgan fingerprint density at radius 2 is 2.44 bits per heavy atom. The largest absolute Gasteiger partial charge is 0.355 e. The first-order chi connectivity index (χ1) is 4.10. The van der Waals surface area contributed by atoms with Crippen molar-refractivity contribution in [3.8, 4) is 0 Å². The van der Waals surface area contributed by atoms with Crippen molar-refractivity contribution in [2.75, 3.05) is 0 Å². The lowest BCUT2D eigenvalue weighted by molar-refractivity contribution is 0.0749. The fraction of sp³-hybridized carbons (Fsp3) is 0.200. The quantitative estimate of drug-likeness (QED) is 0.472. The van der Waals surface area contributed by atoms with E-state index in [1.165, 1.54) is 6.08 Å². The van der Waals surface area contributed by atoms with E-state index < -0.39 is 5.85 Å². The second kappa shape index (κ2) is 2.13. The van der Waals surface area contributed by atoms with Gasteiger partial charge in [-0.1, -0.05) is 0 Å². The van der Waals surface area contributed by atoms with Gasteiger partial charge in [0.15, 0.2) is 0 Å². The number of dihydropyridines is 1. The fourth-order valence-electron chi connectivity index (χ4n) is 0.487. The molecule has 0 aromatic carbocycles. The first-order valence-corrected chi connectivity index (χ1v) is 3.23. The number of nitrogens with one attached hydrogen (secondary N) is 1. The molecule has 4 heteroatoms. The van der Waals surface area contributed by atoms with Crippen LogP contribution in [-0.2, 0) is 0 Å². The zero-order valence-corrected chi connectivity index (χ0v) is 6.22. The SMILES string of the molecule is NC1(O)C=CC(Br)=CN1. The van der Waals surface area contributed by atoms with Crippen LogP contribution in [0.15, 0.2) is 22.8 Å². The van der Waals surface area contributed by atoms with Gasteiger partial charge in [-0.2, -0.15) is 0 Å². The minimum Gasteiger partial charge on any atom is -0.355 e. The highest BCUT2D eigenvalue weighted by molar-refractivity contribution is 9.11. The van der Waals surface area contributed by atoms with E-state index in [0.29, 0.717) is 0 Å². The predicted molar refractivity (Wildman–Crippen MR) is 38.4 cm³/mol. The maximum atomic E-state index is 9.01. The van der Waals surface area contributed by atoms with E-state index in [-0.39, 0.29) is 0 Å². The zero-order valence-electron chi connectivity index (χ0n) is 4.63. The molecule has 0 aromatic heterocycles. The number of hydrogen-bond acceptors (Lipinski definition) is 3. The maximum absolute atomic E-state index is 9.01. The Hall–Kier alpha value is -0.320. The molecule has 4 N–H and O–H groups in total. The summed E-state index contributed by atoms with van der Waals surface area (Å²) < 4.78 is 0.859. The van der Waals surface area contributed by atoms with Gasteiger partial charge in [0.05, 0.1) is 0 Å². The average Bonchev–Trinajstić information content (AvgIpc) is 1.78. The molecule has 0 fully saturated rings. The molecule has 0 aliphatic carbocycles. The molecule has 9 heavy (non-hydrogen) atoms. The standard InChI is InChI=1S/C5H7BrN2O/c6-4-1-2-5(7,9)8-3-4/h1-3,8-9H,7H2. The number of allylic oxidation sites excluding steroid dienone is 2. The second-order valence-corrected chi connectivity index (χ2v) is 2.75. The third-order valence-corrected chi connectivity index (χ3v) is 1.43. The topological polar surface area (TPSA) is 58.3 Å². The van der Waals surface area contributed by atoms with Crippen molar-refractivity contribution in [3.63, 3.8) is 0 Å². The maximum Gasteiger partial charge on any atom is 0.210 e. The Labute approximate surface area is 61.4 Å². The molecule has 1 aliphatic heterocycles. The number of halogens is 1. The highest BCUT2D eigenvalue weighted by Gasteiger charge is 2.16. The molecule has 0 saturated heterocycles. The van der Waals surface area contributed by atoms with Crippen molar-refractivity contribution in [2.24, 2.45) is 5.73 Å². The first kappa shape index (κ1) is 6.80. The monoisotopic (exact) mass is 190 g/mol. The molecule has 1 heterocycles. The Kier molecular flexibility index (Phi) is 1.61. The summed E-state index contributed by atoms with van der Waals surface area (Å²) in [6, 6.07) is 0. The molecule has 0 saturated carbocycles. The van der Waals surface area contributed by atoms with E-state index in [4.69, 9.17) is 10.8 Å². The van der Waals surface area contributed by atoms with Crippen molar-refractivity contribution in [3.05, 3.63) is 22.8 Å². The van der Waals surface area contributed by atoms with Crippen LogP contribution in [0.1, 0.15) is 0 Å². The highest BCUT2D eigenvalue weighted by atomic mass is 79.9. The van der Waals surface area contributed by atoms with Crippen LogP contribution in [-0.4, -0.2) is 11.0 Å². The Balaban J connectivity index is 2.70. The van der Waals surface area contributed by atoms with Gasteiger partial charge in [-0.15, -0.1) is 0 Å². The van der Waals surface area contributed by atoms with Crippen LogP contribution in [0.4, 0.5) is 0 Å². The van der Waals surface area contributed by atoms with E-state index in [0.717, 1.165) is 4.48 Å². The van der Waals surface area contributed by atoms with E-state index in [1.807, 2.05) is 0 Å². The Morgan fingerprint density at radius 3 is 2.78 bits per heavy atom. The minimum atomic E-state index is -1.38. The van der Waals surface area contributed by atoms with Crippen LogP contribution >= 0.6 is 15.9 Å². The molecule has 3 nitrogen and oxygen atoms in total. The van der Waals surface area contributed by atoms with Gasteiger partial charge >= 0.3 is 0 Å². The Morgan fingerprint density at radius 1 is 1.78 bits per heavy atom. The lowest BCUT2D eigenvalue weighted by Gasteiger charge is -2.21. The molecule has 0 aromatic rings. The van der Waals surface area contributed by atoms with Crippen LogP contribution in [0.2, 0.25) is 0 Å². The molecule has 0 radical (unpaired) electrons. The van der Waals surface area contributed by atoms with Crippen LogP contribution in [0.25, 0.3) is 0 Å². The normalized spacial score (nSPS) is 33.4. The Bertz CT molecular complexity index is 174. The van der Waals surface area contributed by atoms with Gasteiger partial charge in [-0.3, -0.25) is 5.73 Å². The average molecular weight is 191 g/mol. The van der Waals surface area contributed by atoms with Gasteiger partial charge in [0.1, 0.15) is 0 Å². The van der Waals surface area contributed by atoms with Crippen molar-refractivity contribution in [1.29, 1.82) is 0 Å². The molecule has 0 amide bonds. The summed E-state index contributed by atoms with van der Waals surface area (Å²) in [4.78, 5) is 0. The summed E-state index contributed by atoms with van der Waals surface area (Å²) in [7, 11) is 0. The molecule has 1 aliphatic rings. The van der Waals surface area contributed by atoms with E-state index >= 15 is 0 Å². The molecule has 1 atom stereocenters. The highest BCUT2D eigenvalue weighted by Crippen LogP contribution is 2.11. The van der Waals surface area contributed by atoms with E-state index in [2.05, 4.69) is 21.2 Å². The lowest BCUT2D eigenvalue weighted by Crippen LogP contribution is -2.50. The van der Waals surface area contributed by atoms with Crippen molar-refractivity contribution < 1.29 is 5.11 Å². The van der Waals surface area contributed by atoms with Crippen LogP contribution < -0.4 is 11.1 Å². The van der Waals surface area contributed by atoms with Crippen molar-refractivity contribution in [2.45, 2.75) is 5.85 Å². The third kappa shape index (κ3) is 1.82. The van der Waals surface area contributed by atoms with Gasteiger partial charge in [0.2, 0.25) is 5.85 Å². The van der Waals surface area contributed by atoms with Crippen LogP contribution in [0, 0.1) is 0 Å². The van der Waals surface area contributed by atoms with Crippen molar-refractivity contribution in [1.82, 2.24) is 5.32 Å². The molecule has 50 valence electrons. The van der Waals surface area contributed by atoms with Gasteiger partial charge in [0, 0.05) is 10.7 Å². The third-order valence-electron chi connectivity index (χ3n) is 0.938. The fourth-order valence-corrected chi connectivity index (χ4v) is 0.734. The molecular weight excluding hydrogens is 184 g/mol. The minimum absolute atomic E-state index is 0.859. The second-order valence-electron chi connectivity index (χ2n) is 1.83. The molecule has 1 unspecified atom stereocenters. The van der Waals surface area contributed by atoms with Gasteiger partial charge in [-0.05, 0) is 28.1 Å². The van der Waals surface area contributed by atoms with Crippen LogP contribution in [0.3, 0.4) is 0 Å². The molecule has 0 bridgehead atoms. The summed E-state index contributed by atoms with van der Waals surface area (Å²) in [6.45, 7) is 0. The zero-order chi connectivity index (χ0) is 6.91. The smallest absolute Gasteiger partial charge is 0.210 e. The summed E-state index contributed by atoms with van der Waals surface area (Å²) >= 11 is 3.18. The lowest BCUT2D eigenvalue weighted by atomic mass is 10.3. The number of nitrogens with two attached hydrogens (primary N) is 1. The molecular formula is C5H7BrN2O. The summed E-state index contributed by atoms with van der Waals surface area (Å²) in [5, 5.41) is 11.6. The summed E-state index contributed by atoms with van der Waals surface area (Å²) in [5.41, 5.74) is 5.23. The number of rotatable bonds is 0. The van der Waals surface area contributed by atoms with E-state index in [9.17, 15) is 0 Å². The number of aliphatic hydroxyl groups is 1. The summed E-state index contributed by atoms with van der Waals surface area (Å²) in [6.07, 6.45) is 4.72.